The third-order valence-corrected chi connectivity index (χ3v) is 4.89. The van der Waals surface area contributed by atoms with Crippen molar-refractivity contribution in [2.75, 3.05) is 7.05 Å². The van der Waals surface area contributed by atoms with Gasteiger partial charge in [-0.2, -0.15) is 10.2 Å². The van der Waals surface area contributed by atoms with Crippen LogP contribution in [0.1, 0.15) is 57.8 Å². The minimum atomic E-state index is -1.04. The van der Waals surface area contributed by atoms with Crippen LogP contribution in [0.15, 0.2) is 10.2 Å². The zero-order valence-electron chi connectivity index (χ0n) is 13.0. The number of carbonyl (C=O) groups excluding carboxylic acids is 1. The van der Waals surface area contributed by atoms with Gasteiger partial charge in [0.25, 0.3) is 0 Å². The molecule has 0 bridgehead atoms. The summed E-state index contributed by atoms with van der Waals surface area (Å²) < 4.78 is 0. The van der Waals surface area contributed by atoms with Gasteiger partial charge in [-0.25, -0.2) is 4.79 Å². The van der Waals surface area contributed by atoms with Crippen LogP contribution in [0, 0.1) is 12.3 Å². The largest absolute Gasteiger partial charge is 0.479 e. The van der Waals surface area contributed by atoms with E-state index in [1.165, 1.54) is 4.90 Å². The monoisotopic (exact) mass is 305 g/mol. The van der Waals surface area contributed by atoms with Crippen LogP contribution in [0.5, 0.6) is 0 Å². The third-order valence-electron chi connectivity index (χ3n) is 4.89. The van der Waals surface area contributed by atoms with E-state index in [0.717, 1.165) is 19.3 Å². The molecule has 120 valence electrons. The molecule has 0 atom stereocenters. The molecule has 0 aromatic rings. The molecule has 1 N–H and O–H groups in total. The number of carboxylic acids is 1. The SMILES string of the molecule is C#CCCC1(CCC(=O)N(C)C2(C(=O)O)CCCCC2)N=N1. The topological polar surface area (TPSA) is 82.3 Å². The summed E-state index contributed by atoms with van der Waals surface area (Å²) in [4.78, 5) is 25.6. The molecule has 22 heavy (non-hydrogen) atoms. The van der Waals surface area contributed by atoms with Gasteiger partial charge in [-0.1, -0.05) is 19.3 Å². The Morgan fingerprint density at radius 3 is 2.36 bits per heavy atom. The van der Waals surface area contributed by atoms with E-state index in [2.05, 4.69) is 16.1 Å². The predicted octanol–water partition coefficient (Wildman–Crippen LogP) is 2.59. The summed E-state index contributed by atoms with van der Waals surface area (Å²) in [6.45, 7) is 0. The lowest BCUT2D eigenvalue weighted by Gasteiger charge is -2.41. The number of likely N-dealkylation sites (N-methyl/N-ethyl adjacent to an activating group) is 1. The Hall–Kier alpha value is -1.90. The highest BCUT2D eigenvalue weighted by Crippen LogP contribution is 2.39. The summed E-state index contributed by atoms with van der Waals surface area (Å²) in [5.74, 6) is 1.51. The van der Waals surface area contributed by atoms with Gasteiger partial charge in [-0.3, -0.25) is 4.79 Å². The zero-order valence-corrected chi connectivity index (χ0v) is 13.0. The number of terminal acetylenes is 1. The van der Waals surface area contributed by atoms with Crippen molar-refractivity contribution in [3.05, 3.63) is 0 Å². The number of carboxylic acid groups (broad SMARTS) is 1. The highest BCUT2D eigenvalue weighted by molar-refractivity contribution is 5.87. The number of carbonyl (C=O) groups is 2. The van der Waals surface area contributed by atoms with Gasteiger partial charge in [-0.05, 0) is 12.8 Å². The molecule has 1 aliphatic carbocycles. The summed E-state index contributed by atoms with van der Waals surface area (Å²) in [5, 5.41) is 17.6. The van der Waals surface area contributed by atoms with Gasteiger partial charge in [0.15, 0.2) is 5.66 Å². The van der Waals surface area contributed by atoms with Gasteiger partial charge >= 0.3 is 5.97 Å². The quantitative estimate of drug-likeness (QED) is 0.734. The van der Waals surface area contributed by atoms with Crippen molar-refractivity contribution in [3.63, 3.8) is 0 Å². The van der Waals surface area contributed by atoms with Crippen LogP contribution < -0.4 is 0 Å². The molecule has 0 unspecified atom stereocenters. The Labute approximate surface area is 131 Å². The third kappa shape index (κ3) is 3.29. The van der Waals surface area contributed by atoms with Crippen LogP contribution in [0.25, 0.3) is 0 Å². The highest BCUT2D eigenvalue weighted by Gasteiger charge is 2.46. The van der Waals surface area contributed by atoms with Crippen LogP contribution in [-0.2, 0) is 9.59 Å². The maximum absolute atomic E-state index is 12.4. The second-order valence-corrected chi connectivity index (χ2v) is 6.24. The average Bonchev–Trinajstić information content (AvgIpc) is 3.31. The van der Waals surface area contributed by atoms with E-state index in [1.807, 2.05) is 0 Å². The van der Waals surface area contributed by atoms with Gasteiger partial charge in [0, 0.05) is 32.7 Å². The fourth-order valence-electron chi connectivity index (χ4n) is 3.21. The fourth-order valence-corrected chi connectivity index (χ4v) is 3.21. The Morgan fingerprint density at radius 1 is 1.23 bits per heavy atom. The molecular formula is C16H23N3O3. The lowest BCUT2D eigenvalue weighted by atomic mass is 9.80. The maximum atomic E-state index is 12.4. The first kappa shape index (κ1) is 16.5. The summed E-state index contributed by atoms with van der Waals surface area (Å²) in [7, 11) is 1.61. The van der Waals surface area contributed by atoms with E-state index in [1.54, 1.807) is 7.05 Å². The molecule has 6 heteroatoms. The molecule has 2 rings (SSSR count). The molecule has 6 nitrogen and oxygen atoms in total. The Balaban J connectivity index is 1.93. The summed E-state index contributed by atoms with van der Waals surface area (Å²) in [6.07, 6.45) is 11.0. The molecule has 1 saturated carbocycles. The molecule has 0 saturated heterocycles. The smallest absolute Gasteiger partial charge is 0.329 e. The number of rotatable bonds is 7. The highest BCUT2D eigenvalue weighted by atomic mass is 16.4. The van der Waals surface area contributed by atoms with Crippen molar-refractivity contribution in [1.29, 1.82) is 0 Å². The van der Waals surface area contributed by atoms with Crippen LogP contribution >= 0.6 is 0 Å². The van der Waals surface area contributed by atoms with Crippen LogP contribution in [0.4, 0.5) is 0 Å². The Morgan fingerprint density at radius 2 is 1.86 bits per heavy atom. The van der Waals surface area contributed by atoms with Crippen molar-refractivity contribution >= 4 is 11.9 Å². The number of aliphatic carboxylic acids is 1. The summed E-state index contributed by atoms with van der Waals surface area (Å²) in [6, 6.07) is 0. The maximum Gasteiger partial charge on any atom is 0.329 e. The molecule has 1 aliphatic heterocycles. The van der Waals surface area contributed by atoms with Crippen LogP contribution in [0.3, 0.4) is 0 Å². The molecular weight excluding hydrogens is 282 g/mol. The van der Waals surface area contributed by atoms with Gasteiger partial charge < -0.3 is 10.0 Å². The number of hydrogen-bond acceptors (Lipinski definition) is 4. The normalized spacial score (nSPS) is 20.9. The van der Waals surface area contributed by atoms with Gasteiger partial charge in [0.1, 0.15) is 5.54 Å². The average molecular weight is 305 g/mol. The minimum absolute atomic E-state index is 0.151. The van der Waals surface area contributed by atoms with Crippen molar-refractivity contribution in [3.8, 4) is 12.3 Å². The predicted molar refractivity (Wildman–Crippen MR) is 81.1 cm³/mol. The lowest BCUT2D eigenvalue weighted by Crippen LogP contribution is -2.56. The van der Waals surface area contributed by atoms with E-state index in [9.17, 15) is 14.7 Å². The second kappa shape index (κ2) is 6.47. The summed E-state index contributed by atoms with van der Waals surface area (Å²) in [5.41, 5.74) is -1.54. The first-order valence-electron chi connectivity index (χ1n) is 7.83. The molecule has 0 spiro atoms. The fraction of sp³-hybridized carbons (Fsp3) is 0.750. The molecule has 1 heterocycles. The van der Waals surface area contributed by atoms with E-state index < -0.39 is 17.2 Å². The van der Waals surface area contributed by atoms with Crippen LogP contribution in [-0.4, -0.2) is 40.1 Å². The lowest BCUT2D eigenvalue weighted by molar-refractivity contribution is -0.160. The van der Waals surface area contributed by atoms with E-state index in [0.29, 0.717) is 32.1 Å². The van der Waals surface area contributed by atoms with E-state index in [-0.39, 0.29) is 12.3 Å². The summed E-state index contributed by atoms with van der Waals surface area (Å²) >= 11 is 0. The Bertz CT molecular complexity index is 509. The van der Waals surface area contributed by atoms with E-state index >= 15 is 0 Å². The van der Waals surface area contributed by atoms with Gasteiger partial charge in [0.2, 0.25) is 5.91 Å². The van der Waals surface area contributed by atoms with Crippen LogP contribution in [0.2, 0.25) is 0 Å². The van der Waals surface area contributed by atoms with Crippen molar-refractivity contribution in [2.45, 2.75) is 69.0 Å². The Kier molecular flexibility index (Phi) is 4.84. The standard InChI is InChI=1S/C16H23N3O3/c1-3-4-11-16(17-18-16)12-8-13(20)19(2)15(14(21)22)9-6-5-7-10-15/h1H,4-12H2,2H3,(H,21,22). The van der Waals surface area contributed by atoms with Gasteiger partial charge in [0.05, 0.1) is 0 Å². The first-order chi connectivity index (χ1) is 10.5. The zero-order chi connectivity index (χ0) is 16.2. The molecule has 2 aliphatic rings. The number of nitrogens with zero attached hydrogens (tertiary/aromatic N) is 3. The van der Waals surface area contributed by atoms with Crippen molar-refractivity contribution in [2.24, 2.45) is 10.2 Å². The molecule has 0 radical (unpaired) electrons. The van der Waals surface area contributed by atoms with Crippen molar-refractivity contribution in [1.82, 2.24) is 4.90 Å². The second-order valence-electron chi connectivity index (χ2n) is 6.24. The molecule has 1 amide bonds. The molecule has 1 fully saturated rings. The molecule has 0 aromatic carbocycles. The van der Waals surface area contributed by atoms with Crippen molar-refractivity contribution < 1.29 is 14.7 Å². The van der Waals surface area contributed by atoms with E-state index in [4.69, 9.17) is 6.42 Å². The number of amides is 1. The minimum Gasteiger partial charge on any atom is -0.479 e. The number of hydrogen-bond donors (Lipinski definition) is 1. The van der Waals surface area contributed by atoms with Gasteiger partial charge in [-0.15, -0.1) is 12.3 Å². The molecule has 0 aromatic heterocycles. The first-order valence-corrected chi connectivity index (χ1v) is 7.83.